The van der Waals surface area contributed by atoms with E-state index < -0.39 is 24.2 Å². The molecule has 25 heteroatoms. The molecule has 0 aliphatic carbocycles. The molecule has 2 saturated heterocycles. The van der Waals surface area contributed by atoms with Crippen LogP contribution in [-0.2, 0) is 48.3 Å². The number of amides is 2. The number of aromatic nitrogens is 2. The van der Waals surface area contributed by atoms with Crippen LogP contribution in [0.1, 0.15) is 46.9 Å². The lowest BCUT2D eigenvalue weighted by Crippen LogP contribution is -2.25. The van der Waals surface area contributed by atoms with Crippen LogP contribution in [0.3, 0.4) is 0 Å². The van der Waals surface area contributed by atoms with E-state index in [0.717, 1.165) is 27.5 Å². The summed E-state index contributed by atoms with van der Waals surface area (Å²) in [5.41, 5.74) is 14.7. The number of nitrogens with two attached hydrogens (primary N) is 2. The number of carboxylic acids is 2. The van der Waals surface area contributed by atoms with E-state index in [4.69, 9.17) is 71.0 Å². The van der Waals surface area contributed by atoms with Crippen molar-refractivity contribution in [3.8, 4) is 22.9 Å². The number of alkyl halides is 3. The fourth-order valence-electron chi connectivity index (χ4n) is 6.76. The molecule has 1 aromatic heterocycles. The van der Waals surface area contributed by atoms with Crippen molar-refractivity contribution in [3.63, 3.8) is 0 Å². The zero-order chi connectivity index (χ0) is 56.7. The number of carbonyl (C=O) groups is 5. The number of nitrogens with zero attached hydrogens (tertiary/aromatic N) is 5. The highest BCUT2D eigenvalue weighted by atomic mass is 35.5. The van der Waals surface area contributed by atoms with Gasteiger partial charge in [-0.3, -0.25) is 19.2 Å². The Kier molecular flexibility index (Phi) is 24.2. The van der Waals surface area contributed by atoms with Gasteiger partial charge in [0.25, 0.3) is 6.47 Å². The third-order valence-electron chi connectivity index (χ3n) is 10.8. The van der Waals surface area contributed by atoms with Gasteiger partial charge in [0.1, 0.15) is 18.1 Å². The summed E-state index contributed by atoms with van der Waals surface area (Å²) in [4.78, 5) is 61.7. The molecule has 2 unspecified atom stereocenters. The van der Waals surface area contributed by atoms with Crippen LogP contribution >= 0.6 is 34.8 Å². The standard InChI is InChI=1S/C20H15ClF3N3O3.C12H12ClNO3.C8H10N2O2.C7H8ClN.C5H6O4/c21-15-5-1-12(2-6-15)10-27-11-14(9-17(27)28)19-25-18(26-30-19)13-3-7-16(8-4-13)29-20(22,23)24;13-10-3-1-8(2-4-10)6-14-7-9(12(16)17)5-11(14)15;1-12-7-4-2-6(3-5-7)8(9)10-11;8-7-3-1-6(5-9)2-4-7;1-4(5(7)8)2-9-3-6/h1-8,14H,9-11H2;1-4,9H,5-7H2,(H,16,17);2-5,11H,1H3,(H2,9,10);1-4H,5,9H2;3H,1-2H2,(H,7,8). The van der Waals surface area contributed by atoms with Crippen LogP contribution in [0.25, 0.3) is 11.4 Å². The van der Waals surface area contributed by atoms with Crippen LogP contribution in [-0.4, -0.2) is 105 Å². The summed E-state index contributed by atoms with van der Waals surface area (Å²) in [5, 5.41) is 34.1. The molecule has 0 bridgehead atoms. The Morgan fingerprint density at radius 3 is 1.73 bits per heavy atom. The largest absolute Gasteiger partial charge is 0.573 e. The number of amidine groups is 1. The molecule has 2 fully saturated rings. The van der Waals surface area contributed by atoms with Crippen LogP contribution in [0, 0.1) is 5.92 Å². The lowest BCUT2D eigenvalue weighted by Gasteiger charge is -2.16. The number of benzene rings is 5. The topological polar surface area (TPSA) is 284 Å². The van der Waals surface area contributed by atoms with Gasteiger partial charge >= 0.3 is 18.3 Å². The molecule has 6 aromatic rings. The number of ether oxygens (including phenoxy) is 3. The van der Waals surface area contributed by atoms with Crippen molar-refractivity contribution in [2.75, 3.05) is 26.8 Å². The van der Waals surface area contributed by atoms with E-state index in [1.807, 2.05) is 48.5 Å². The fraction of sp³-hybridized carbons (Fsp3) is 0.231. The van der Waals surface area contributed by atoms with Gasteiger partial charge in [-0.1, -0.05) is 88.1 Å². The quantitative estimate of drug-likeness (QED) is 0.0160. The second kappa shape index (κ2) is 30.4. The second-order valence-corrected chi connectivity index (χ2v) is 17.6. The molecule has 408 valence electrons. The average Bonchev–Trinajstić information content (AvgIpc) is 4.16. The first-order chi connectivity index (χ1) is 36.6. The minimum atomic E-state index is -4.76. The molecule has 0 radical (unpaired) electrons. The van der Waals surface area contributed by atoms with E-state index in [1.54, 1.807) is 65.4 Å². The number of carbonyl (C=O) groups excluding carboxylic acids is 3. The lowest BCUT2D eigenvalue weighted by atomic mass is 10.1. The van der Waals surface area contributed by atoms with Gasteiger partial charge in [0.15, 0.2) is 5.84 Å². The number of oxime groups is 1. The zero-order valence-electron chi connectivity index (χ0n) is 40.8. The Balaban J connectivity index is 0.000000230. The Labute approximate surface area is 454 Å². The van der Waals surface area contributed by atoms with E-state index in [9.17, 15) is 37.1 Å². The molecule has 0 spiro atoms. The molecule has 2 amide bonds. The Hall–Kier alpha value is -8.18. The van der Waals surface area contributed by atoms with Crippen molar-refractivity contribution in [2.45, 2.75) is 44.8 Å². The minimum absolute atomic E-state index is 0.0247. The highest BCUT2D eigenvalue weighted by Crippen LogP contribution is 2.31. The summed E-state index contributed by atoms with van der Waals surface area (Å²) in [6.07, 6.45) is -4.41. The first kappa shape index (κ1) is 61.4. The van der Waals surface area contributed by atoms with Gasteiger partial charge in [-0.15, -0.1) is 13.2 Å². The molecular weight excluding hydrogens is 1080 g/mol. The molecule has 8 rings (SSSR count). The van der Waals surface area contributed by atoms with Gasteiger partial charge in [-0.2, -0.15) is 4.98 Å². The maximum Gasteiger partial charge on any atom is 0.573 e. The zero-order valence-corrected chi connectivity index (χ0v) is 43.1. The first-order valence-electron chi connectivity index (χ1n) is 22.6. The molecule has 5 aromatic carbocycles. The summed E-state index contributed by atoms with van der Waals surface area (Å²) < 4.78 is 55.0. The van der Waals surface area contributed by atoms with E-state index in [0.29, 0.717) is 53.2 Å². The predicted octanol–water partition coefficient (Wildman–Crippen LogP) is 8.97. The van der Waals surface area contributed by atoms with Crippen LogP contribution in [0.2, 0.25) is 15.1 Å². The minimum Gasteiger partial charge on any atom is -0.497 e. The second-order valence-electron chi connectivity index (χ2n) is 16.3. The van der Waals surface area contributed by atoms with E-state index in [-0.39, 0.29) is 73.2 Å². The molecule has 2 aliphatic rings. The molecule has 7 N–H and O–H groups in total. The average molecular weight is 1130 g/mol. The molecule has 19 nitrogen and oxygen atoms in total. The van der Waals surface area contributed by atoms with Gasteiger partial charge in [0.2, 0.25) is 23.5 Å². The lowest BCUT2D eigenvalue weighted by molar-refractivity contribution is -0.274. The number of hydrogen-bond donors (Lipinski definition) is 5. The van der Waals surface area contributed by atoms with Gasteiger partial charge in [0.05, 0.1) is 24.5 Å². The van der Waals surface area contributed by atoms with Gasteiger partial charge < -0.3 is 55.4 Å². The summed E-state index contributed by atoms with van der Waals surface area (Å²) in [6, 6.07) is 34.0. The molecule has 3 heterocycles. The van der Waals surface area contributed by atoms with Gasteiger partial charge in [-0.05, 0) is 102 Å². The third-order valence-corrected chi connectivity index (χ3v) is 11.5. The molecule has 0 saturated carbocycles. The van der Waals surface area contributed by atoms with Crippen LogP contribution in [0.5, 0.6) is 11.5 Å². The monoisotopic (exact) mass is 1130 g/mol. The highest BCUT2D eigenvalue weighted by Gasteiger charge is 2.36. The summed E-state index contributed by atoms with van der Waals surface area (Å²) in [7, 11) is 1.58. The molecule has 77 heavy (non-hydrogen) atoms. The summed E-state index contributed by atoms with van der Waals surface area (Å²) in [6.45, 7) is 5.23. The number of likely N-dealkylation sites (tertiary alicyclic amines) is 2. The Morgan fingerprint density at radius 2 is 1.29 bits per heavy atom. The van der Waals surface area contributed by atoms with E-state index in [1.165, 1.54) is 24.3 Å². The van der Waals surface area contributed by atoms with Crippen molar-refractivity contribution >= 4 is 70.9 Å². The Bertz CT molecular complexity index is 2910. The van der Waals surface area contributed by atoms with Crippen molar-refractivity contribution in [3.05, 3.63) is 177 Å². The van der Waals surface area contributed by atoms with Gasteiger partial charge in [-0.25, -0.2) is 4.79 Å². The smallest absolute Gasteiger partial charge is 0.497 e. The van der Waals surface area contributed by atoms with Crippen LogP contribution in [0.4, 0.5) is 13.2 Å². The Morgan fingerprint density at radius 1 is 0.792 bits per heavy atom. The summed E-state index contributed by atoms with van der Waals surface area (Å²) >= 11 is 17.3. The number of methoxy groups -OCH3 is 1. The molecule has 2 aliphatic heterocycles. The van der Waals surface area contributed by atoms with Crippen LogP contribution in [0.15, 0.2) is 143 Å². The van der Waals surface area contributed by atoms with Crippen molar-refractivity contribution in [1.82, 2.24) is 19.9 Å². The number of rotatable bonds is 15. The number of carboxylic acid groups (broad SMARTS) is 2. The normalized spacial score (nSPS) is 14.7. The number of aliphatic carboxylic acids is 2. The highest BCUT2D eigenvalue weighted by molar-refractivity contribution is 6.31. The maximum absolute atomic E-state index is 12.4. The van der Waals surface area contributed by atoms with Crippen molar-refractivity contribution in [1.29, 1.82) is 0 Å². The SMILES string of the molecule is C=C(COC=O)C(=O)O.COc1ccc(C(N)=NO)cc1.NCc1ccc(Cl)cc1.O=C(O)C1CC(=O)N(Cc2ccc(Cl)cc2)C1.O=C1CC(c2nc(-c3ccc(OC(F)(F)F)cc3)no2)CN1Cc1ccc(Cl)cc1. The van der Waals surface area contributed by atoms with Crippen LogP contribution < -0.4 is 20.9 Å². The predicted molar refractivity (Wildman–Crippen MR) is 277 cm³/mol. The number of hydrogen-bond acceptors (Lipinski definition) is 14. The maximum atomic E-state index is 12.4. The first-order valence-corrected chi connectivity index (χ1v) is 23.7. The molecule has 2 atom stereocenters. The van der Waals surface area contributed by atoms with Crippen molar-refractivity contribution < 1.29 is 71.3 Å². The summed E-state index contributed by atoms with van der Waals surface area (Å²) in [5.74, 6) is -1.98. The van der Waals surface area contributed by atoms with E-state index in [2.05, 4.69) is 31.3 Å². The van der Waals surface area contributed by atoms with E-state index >= 15 is 0 Å². The number of halogens is 6. The fourth-order valence-corrected chi connectivity index (χ4v) is 7.14. The molecular formula is C52H51Cl3F3N7O12. The third kappa shape index (κ3) is 21.2. The van der Waals surface area contributed by atoms with Gasteiger partial charge in [0, 0.05) is 71.8 Å². The van der Waals surface area contributed by atoms with Crippen molar-refractivity contribution in [2.24, 2.45) is 22.5 Å².